The fourth-order valence-corrected chi connectivity index (χ4v) is 2.89. The van der Waals surface area contributed by atoms with Gasteiger partial charge in [-0.05, 0) is 17.7 Å². The maximum Gasteiger partial charge on any atom is 0.141 e. The van der Waals surface area contributed by atoms with Crippen LogP contribution < -0.4 is 4.74 Å². The van der Waals surface area contributed by atoms with Gasteiger partial charge in [-0.1, -0.05) is 42.5 Å². The van der Waals surface area contributed by atoms with Gasteiger partial charge in [-0.3, -0.25) is 9.97 Å². The molecule has 25 heavy (non-hydrogen) atoms. The van der Waals surface area contributed by atoms with Crippen molar-refractivity contribution in [2.24, 2.45) is 0 Å². The van der Waals surface area contributed by atoms with Crippen molar-refractivity contribution in [2.75, 3.05) is 7.11 Å². The average molecular weight is 327 g/mol. The van der Waals surface area contributed by atoms with E-state index in [-0.39, 0.29) is 0 Å². The lowest BCUT2D eigenvalue weighted by atomic mass is 10.1. The molecule has 122 valence electrons. The molecule has 2 heterocycles. The molecule has 0 radical (unpaired) electrons. The van der Waals surface area contributed by atoms with Gasteiger partial charge in [0.2, 0.25) is 0 Å². The Morgan fingerprint density at radius 3 is 2.60 bits per heavy atom. The first-order valence-corrected chi connectivity index (χ1v) is 8.11. The summed E-state index contributed by atoms with van der Waals surface area (Å²) in [7, 11) is 1.69. The van der Waals surface area contributed by atoms with E-state index < -0.39 is 0 Å². The van der Waals surface area contributed by atoms with E-state index in [1.54, 1.807) is 25.7 Å². The summed E-state index contributed by atoms with van der Waals surface area (Å²) in [5.41, 5.74) is 4.90. The predicted octanol–water partition coefficient (Wildman–Crippen LogP) is 4.29. The highest BCUT2D eigenvalue weighted by Gasteiger charge is 2.10. The molecule has 4 rings (SSSR count). The van der Waals surface area contributed by atoms with Gasteiger partial charge in [-0.25, -0.2) is 4.98 Å². The maximum atomic E-state index is 5.56. The Bertz CT molecular complexity index is 1000. The normalized spacial score (nSPS) is 10.8. The van der Waals surface area contributed by atoms with E-state index in [1.807, 2.05) is 42.5 Å². The molecular weight excluding hydrogens is 310 g/mol. The molecule has 0 aliphatic carbocycles. The molecule has 4 nitrogen and oxygen atoms in total. The van der Waals surface area contributed by atoms with Gasteiger partial charge in [-0.15, -0.1) is 0 Å². The molecule has 0 bridgehead atoms. The molecule has 0 saturated heterocycles. The van der Waals surface area contributed by atoms with Gasteiger partial charge in [0.1, 0.15) is 5.75 Å². The predicted molar refractivity (Wildman–Crippen MR) is 98.6 cm³/mol. The Hall–Kier alpha value is -3.27. The van der Waals surface area contributed by atoms with Crippen molar-refractivity contribution in [1.82, 2.24) is 15.0 Å². The monoisotopic (exact) mass is 327 g/mol. The first-order valence-electron chi connectivity index (χ1n) is 8.11. The molecule has 0 unspecified atom stereocenters. The van der Waals surface area contributed by atoms with Gasteiger partial charge < -0.3 is 4.74 Å². The molecule has 2 aromatic carbocycles. The molecule has 0 aliphatic rings. The second kappa shape index (κ2) is 6.69. The van der Waals surface area contributed by atoms with Crippen molar-refractivity contribution in [3.63, 3.8) is 0 Å². The number of fused-ring (bicyclic) bond motifs is 1. The third-order valence-electron chi connectivity index (χ3n) is 4.15. The Labute approximate surface area is 146 Å². The molecule has 2 aromatic heterocycles. The van der Waals surface area contributed by atoms with Gasteiger partial charge in [0.05, 0.1) is 30.2 Å². The summed E-state index contributed by atoms with van der Waals surface area (Å²) in [6.07, 6.45) is 5.86. The van der Waals surface area contributed by atoms with E-state index in [2.05, 4.69) is 22.1 Å². The molecular formula is C21H17N3O. The summed E-state index contributed by atoms with van der Waals surface area (Å²) >= 11 is 0. The Balaban J connectivity index is 1.79. The number of aromatic nitrogens is 3. The molecule has 0 aliphatic heterocycles. The number of nitrogens with zero attached hydrogens (tertiary/aromatic N) is 3. The lowest BCUT2D eigenvalue weighted by Gasteiger charge is -2.11. The van der Waals surface area contributed by atoms with Crippen LogP contribution in [0.25, 0.3) is 22.2 Å². The van der Waals surface area contributed by atoms with Crippen LogP contribution in [-0.4, -0.2) is 22.1 Å². The van der Waals surface area contributed by atoms with Gasteiger partial charge in [0, 0.05) is 29.8 Å². The molecule has 0 amide bonds. The van der Waals surface area contributed by atoms with Crippen LogP contribution >= 0.6 is 0 Å². The summed E-state index contributed by atoms with van der Waals surface area (Å²) < 4.78 is 5.56. The zero-order chi connectivity index (χ0) is 17.1. The third kappa shape index (κ3) is 3.19. The van der Waals surface area contributed by atoms with E-state index in [1.165, 1.54) is 5.56 Å². The van der Waals surface area contributed by atoms with Crippen molar-refractivity contribution in [3.05, 3.63) is 84.4 Å². The first-order chi connectivity index (χ1) is 12.3. The summed E-state index contributed by atoms with van der Waals surface area (Å²) in [6, 6.07) is 18.5. The van der Waals surface area contributed by atoms with E-state index in [4.69, 9.17) is 9.72 Å². The highest BCUT2D eigenvalue weighted by atomic mass is 16.5. The van der Waals surface area contributed by atoms with Crippen LogP contribution in [0.2, 0.25) is 0 Å². The highest BCUT2D eigenvalue weighted by Crippen LogP contribution is 2.28. The van der Waals surface area contributed by atoms with Crippen molar-refractivity contribution in [3.8, 4) is 17.0 Å². The standard InChI is InChI=1S/C21H17N3O/c1-25-21-13-17-8-7-16(20-14-22-9-10-23-20)12-18(17)24-19(21)11-15-5-3-2-4-6-15/h2-10,12-14H,11H2,1H3. The summed E-state index contributed by atoms with van der Waals surface area (Å²) in [5, 5.41) is 1.04. The number of ether oxygens (including phenoxy) is 1. The third-order valence-corrected chi connectivity index (χ3v) is 4.15. The van der Waals surface area contributed by atoms with Crippen LogP contribution in [0.5, 0.6) is 5.75 Å². The van der Waals surface area contributed by atoms with Gasteiger partial charge in [-0.2, -0.15) is 0 Å². The molecule has 0 N–H and O–H groups in total. The van der Waals surface area contributed by atoms with Crippen molar-refractivity contribution < 1.29 is 4.74 Å². The summed E-state index contributed by atoms with van der Waals surface area (Å²) in [5.74, 6) is 0.809. The zero-order valence-corrected chi connectivity index (χ0v) is 13.9. The SMILES string of the molecule is COc1cc2ccc(-c3cnccn3)cc2nc1Cc1ccccc1. The lowest BCUT2D eigenvalue weighted by molar-refractivity contribution is 0.409. The second-order valence-corrected chi connectivity index (χ2v) is 5.80. The molecule has 4 aromatic rings. The lowest BCUT2D eigenvalue weighted by Crippen LogP contribution is -1.98. The van der Waals surface area contributed by atoms with Gasteiger partial charge in [0.25, 0.3) is 0 Å². The molecule has 0 fully saturated rings. The first kappa shape index (κ1) is 15.3. The summed E-state index contributed by atoms with van der Waals surface area (Å²) in [4.78, 5) is 13.4. The number of hydrogen-bond acceptors (Lipinski definition) is 4. The quantitative estimate of drug-likeness (QED) is 0.561. The van der Waals surface area contributed by atoms with E-state index in [0.29, 0.717) is 0 Å². The van der Waals surface area contributed by atoms with Crippen molar-refractivity contribution in [2.45, 2.75) is 6.42 Å². The molecule has 4 heteroatoms. The fourth-order valence-electron chi connectivity index (χ4n) is 2.89. The van der Waals surface area contributed by atoms with Crippen LogP contribution in [0.1, 0.15) is 11.3 Å². The van der Waals surface area contributed by atoms with E-state index >= 15 is 0 Å². The minimum Gasteiger partial charge on any atom is -0.495 e. The van der Waals surface area contributed by atoms with Crippen LogP contribution in [0.3, 0.4) is 0 Å². The van der Waals surface area contributed by atoms with E-state index in [9.17, 15) is 0 Å². The van der Waals surface area contributed by atoms with Crippen LogP contribution in [0.15, 0.2) is 73.2 Å². The zero-order valence-electron chi connectivity index (χ0n) is 13.9. The molecule has 0 atom stereocenters. The van der Waals surface area contributed by atoms with Crippen LogP contribution in [-0.2, 0) is 6.42 Å². The average Bonchev–Trinajstić information content (AvgIpc) is 2.68. The largest absolute Gasteiger partial charge is 0.495 e. The van der Waals surface area contributed by atoms with Gasteiger partial charge >= 0.3 is 0 Å². The van der Waals surface area contributed by atoms with Crippen molar-refractivity contribution >= 4 is 10.9 Å². The van der Waals surface area contributed by atoms with Crippen molar-refractivity contribution in [1.29, 1.82) is 0 Å². The Kier molecular flexibility index (Phi) is 4.09. The highest BCUT2D eigenvalue weighted by molar-refractivity contribution is 5.85. The fraction of sp³-hybridized carbons (Fsp3) is 0.0952. The van der Waals surface area contributed by atoms with Crippen LogP contribution in [0.4, 0.5) is 0 Å². The number of hydrogen-bond donors (Lipinski definition) is 0. The Morgan fingerprint density at radius 1 is 0.960 bits per heavy atom. The van der Waals surface area contributed by atoms with Gasteiger partial charge in [0.15, 0.2) is 0 Å². The maximum absolute atomic E-state index is 5.56. The number of benzene rings is 2. The topological polar surface area (TPSA) is 47.9 Å². The van der Waals surface area contributed by atoms with Crippen LogP contribution in [0, 0.1) is 0 Å². The van der Waals surface area contributed by atoms with E-state index in [0.717, 1.165) is 40.0 Å². The molecule has 0 saturated carbocycles. The second-order valence-electron chi connectivity index (χ2n) is 5.80. The number of methoxy groups -OCH3 is 1. The Morgan fingerprint density at radius 2 is 1.84 bits per heavy atom. The molecule has 0 spiro atoms. The number of rotatable bonds is 4. The minimum absolute atomic E-state index is 0.731. The smallest absolute Gasteiger partial charge is 0.141 e. The number of pyridine rings is 1. The summed E-state index contributed by atoms with van der Waals surface area (Å²) in [6.45, 7) is 0. The minimum atomic E-state index is 0.731.